The number of halogens is 2. The Kier molecular flexibility index (Phi) is 4.26. The van der Waals surface area contributed by atoms with Crippen LogP contribution in [0.3, 0.4) is 0 Å². The number of amides is 1. The van der Waals surface area contributed by atoms with Gasteiger partial charge in [0.25, 0.3) is 5.91 Å². The van der Waals surface area contributed by atoms with Crippen molar-refractivity contribution in [2.24, 2.45) is 5.92 Å². The highest BCUT2D eigenvalue weighted by Gasteiger charge is 2.34. The Balaban J connectivity index is 2.20. The molecule has 1 fully saturated rings. The maximum Gasteiger partial charge on any atom is 0.255 e. The number of likely N-dealkylation sites (tertiary alicyclic amines) is 1. The summed E-state index contributed by atoms with van der Waals surface area (Å²) in [6.45, 7) is 3.54. The van der Waals surface area contributed by atoms with Crippen LogP contribution in [0.2, 0.25) is 0 Å². The molecular formula is C14H18BrFN2O. The number of rotatable bonds is 2. The minimum absolute atomic E-state index is 0.109. The van der Waals surface area contributed by atoms with Crippen molar-refractivity contribution < 1.29 is 9.18 Å². The lowest BCUT2D eigenvalue weighted by Crippen LogP contribution is -2.35. The van der Waals surface area contributed by atoms with E-state index in [0.717, 1.165) is 0 Å². The Morgan fingerprint density at radius 1 is 1.42 bits per heavy atom. The van der Waals surface area contributed by atoms with Gasteiger partial charge in [0.2, 0.25) is 0 Å². The molecular weight excluding hydrogens is 311 g/mol. The molecule has 1 aromatic rings. The summed E-state index contributed by atoms with van der Waals surface area (Å²) in [6.07, 6.45) is 0. The third-order valence-electron chi connectivity index (χ3n) is 3.71. The van der Waals surface area contributed by atoms with Crippen molar-refractivity contribution >= 4 is 21.8 Å². The van der Waals surface area contributed by atoms with Crippen molar-refractivity contribution in [3.63, 3.8) is 0 Å². The van der Waals surface area contributed by atoms with E-state index in [1.807, 2.05) is 14.1 Å². The van der Waals surface area contributed by atoms with Crippen LogP contribution in [0.25, 0.3) is 0 Å². The molecule has 1 amide bonds. The molecule has 19 heavy (non-hydrogen) atoms. The number of hydrogen-bond acceptors (Lipinski definition) is 2. The lowest BCUT2D eigenvalue weighted by atomic mass is 10.1. The van der Waals surface area contributed by atoms with Gasteiger partial charge in [0, 0.05) is 19.1 Å². The van der Waals surface area contributed by atoms with Crippen LogP contribution in [0.15, 0.2) is 22.7 Å². The first-order chi connectivity index (χ1) is 8.91. The van der Waals surface area contributed by atoms with Gasteiger partial charge in [-0.25, -0.2) is 4.39 Å². The Labute approximate surface area is 121 Å². The lowest BCUT2D eigenvalue weighted by Gasteiger charge is -2.22. The zero-order chi connectivity index (χ0) is 14.2. The van der Waals surface area contributed by atoms with Gasteiger partial charge < -0.3 is 9.80 Å². The van der Waals surface area contributed by atoms with Crippen LogP contribution in [-0.4, -0.2) is 48.9 Å². The predicted molar refractivity (Wildman–Crippen MR) is 76.6 cm³/mol. The van der Waals surface area contributed by atoms with E-state index in [-0.39, 0.29) is 10.4 Å². The second-order valence-electron chi connectivity index (χ2n) is 5.32. The molecule has 3 nitrogen and oxygen atoms in total. The summed E-state index contributed by atoms with van der Waals surface area (Å²) in [5, 5.41) is 0. The Morgan fingerprint density at radius 2 is 2.11 bits per heavy atom. The SMILES string of the molecule is CC1CN(C(=O)c2cccc(F)c2Br)CC1N(C)C. The van der Waals surface area contributed by atoms with Gasteiger partial charge in [-0.15, -0.1) is 0 Å². The van der Waals surface area contributed by atoms with Gasteiger partial charge in [-0.3, -0.25) is 4.79 Å². The number of hydrogen-bond donors (Lipinski definition) is 0. The monoisotopic (exact) mass is 328 g/mol. The molecule has 1 aromatic carbocycles. The first kappa shape index (κ1) is 14.5. The highest BCUT2D eigenvalue weighted by atomic mass is 79.9. The average Bonchev–Trinajstić information content (AvgIpc) is 2.74. The molecule has 0 radical (unpaired) electrons. The fraction of sp³-hybridized carbons (Fsp3) is 0.500. The van der Waals surface area contributed by atoms with Crippen LogP contribution in [0.1, 0.15) is 17.3 Å². The third-order valence-corrected chi connectivity index (χ3v) is 4.51. The molecule has 0 bridgehead atoms. The minimum atomic E-state index is -0.401. The molecule has 2 rings (SSSR count). The summed E-state index contributed by atoms with van der Waals surface area (Å²) in [7, 11) is 4.04. The van der Waals surface area contributed by atoms with Gasteiger partial charge in [-0.1, -0.05) is 13.0 Å². The van der Waals surface area contributed by atoms with Crippen molar-refractivity contribution in [1.29, 1.82) is 0 Å². The highest BCUT2D eigenvalue weighted by Crippen LogP contribution is 2.26. The van der Waals surface area contributed by atoms with E-state index in [0.29, 0.717) is 30.6 Å². The van der Waals surface area contributed by atoms with E-state index < -0.39 is 5.82 Å². The van der Waals surface area contributed by atoms with Gasteiger partial charge in [-0.05, 0) is 48.1 Å². The van der Waals surface area contributed by atoms with Gasteiger partial charge in [0.05, 0.1) is 10.0 Å². The number of carbonyl (C=O) groups excluding carboxylic acids is 1. The molecule has 2 unspecified atom stereocenters. The molecule has 0 spiro atoms. The zero-order valence-corrected chi connectivity index (χ0v) is 12.9. The highest BCUT2D eigenvalue weighted by molar-refractivity contribution is 9.10. The first-order valence-electron chi connectivity index (χ1n) is 6.31. The van der Waals surface area contributed by atoms with E-state index >= 15 is 0 Å². The second kappa shape index (κ2) is 5.59. The molecule has 0 N–H and O–H groups in total. The maximum atomic E-state index is 13.5. The first-order valence-corrected chi connectivity index (χ1v) is 7.10. The zero-order valence-electron chi connectivity index (χ0n) is 11.4. The van der Waals surface area contributed by atoms with Gasteiger partial charge >= 0.3 is 0 Å². The lowest BCUT2D eigenvalue weighted by molar-refractivity contribution is 0.0780. The average molecular weight is 329 g/mol. The quantitative estimate of drug-likeness (QED) is 0.833. The van der Waals surface area contributed by atoms with Gasteiger partial charge in [0.1, 0.15) is 5.82 Å². The van der Waals surface area contributed by atoms with Crippen LogP contribution in [0.4, 0.5) is 4.39 Å². The number of carbonyl (C=O) groups is 1. The predicted octanol–water partition coefficient (Wildman–Crippen LogP) is 2.61. The van der Waals surface area contributed by atoms with Gasteiger partial charge in [0.15, 0.2) is 0 Å². The van der Waals surface area contributed by atoms with Crippen LogP contribution in [0.5, 0.6) is 0 Å². The summed E-state index contributed by atoms with van der Waals surface area (Å²) in [4.78, 5) is 16.4. The Morgan fingerprint density at radius 3 is 2.68 bits per heavy atom. The minimum Gasteiger partial charge on any atom is -0.337 e. The van der Waals surface area contributed by atoms with E-state index in [4.69, 9.17) is 0 Å². The summed E-state index contributed by atoms with van der Waals surface area (Å²) >= 11 is 3.15. The van der Waals surface area contributed by atoms with Crippen molar-refractivity contribution in [1.82, 2.24) is 9.80 Å². The van der Waals surface area contributed by atoms with Crippen molar-refractivity contribution in [2.45, 2.75) is 13.0 Å². The van der Waals surface area contributed by atoms with E-state index in [1.54, 1.807) is 17.0 Å². The number of benzene rings is 1. The smallest absolute Gasteiger partial charge is 0.255 e. The van der Waals surface area contributed by atoms with Crippen LogP contribution >= 0.6 is 15.9 Å². The molecule has 1 saturated heterocycles. The Bertz CT molecular complexity index is 492. The van der Waals surface area contributed by atoms with Crippen molar-refractivity contribution in [3.8, 4) is 0 Å². The largest absolute Gasteiger partial charge is 0.337 e. The van der Waals surface area contributed by atoms with E-state index in [9.17, 15) is 9.18 Å². The summed E-state index contributed by atoms with van der Waals surface area (Å²) < 4.78 is 13.7. The molecule has 2 atom stereocenters. The van der Waals surface area contributed by atoms with E-state index in [2.05, 4.69) is 27.8 Å². The van der Waals surface area contributed by atoms with Crippen molar-refractivity contribution in [2.75, 3.05) is 27.2 Å². The van der Waals surface area contributed by atoms with Crippen LogP contribution < -0.4 is 0 Å². The topological polar surface area (TPSA) is 23.6 Å². The molecule has 0 aromatic heterocycles. The third kappa shape index (κ3) is 2.82. The summed E-state index contributed by atoms with van der Waals surface area (Å²) in [6, 6.07) is 4.92. The number of nitrogens with zero attached hydrogens (tertiary/aromatic N) is 2. The normalized spacial score (nSPS) is 23.2. The molecule has 1 aliphatic heterocycles. The molecule has 5 heteroatoms. The van der Waals surface area contributed by atoms with Crippen molar-refractivity contribution in [3.05, 3.63) is 34.1 Å². The standard InChI is InChI=1S/C14H18BrFN2O/c1-9-7-18(8-12(9)17(2)3)14(19)10-5-4-6-11(16)13(10)15/h4-6,9,12H,7-8H2,1-3H3. The molecule has 0 saturated carbocycles. The molecule has 104 valence electrons. The fourth-order valence-electron chi connectivity index (χ4n) is 2.63. The summed E-state index contributed by atoms with van der Waals surface area (Å²) in [5.41, 5.74) is 0.395. The van der Waals surface area contributed by atoms with Crippen LogP contribution in [-0.2, 0) is 0 Å². The summed E-state index contributed by atoms with van der Waals surface area (Å²) in [5.74, 6) is -0.0869. The fourth-order valence-corrected chi connectivity index (χ4v) is 3.06. The molecule has 1 heterocycles. The van der Waals surface area contributed by atoms with Crippen LogP contribution in [0, 0.1) is 11.7 Å². The number of likely N-dealkylation sites (N-methyl/N-ethyl adjacent to an activating group) is 1. The second-order valence-corrected chi connectivity index (χ2v) is 6.11. The molecule has 0 aliphatic carbocycles. The van der Waals surface area contributed by atoms with Gasteiger partial charge in [-0.2, -0.15) is 0 Å². The van der Waals surface area contributed by atoms with E-state index in [1.165, 1.54) is 6.07 Å². The molecule has 1 aliphatic rings. The maximum absolute atomic E-state index is 13.5. The Hall–Kier alpha value is -0.940.